The maximum Gasteiger partial charge on any atom is 0.490 e. The van der Waals surface area contributed by atoms with Gasteiger partial charge in [-0.1, -0.05) is 6.07 Å². The van der Waals surface area contributed by atoms with E-state index >= 15 is 0 Å². The second-order valence-electron chi connectivity index (χ2n) is 11.0. The van der Waals surface area contributed by atoms with Gasteiger partial charge >= 0.3 is 34.8 Å². The number of aromatic nitrogens is 4. The highest BCUT2D eigenvalue weighted by Crippen LogP contribution is 2.66. The smallest absolute Gasteiger partial charge is 0.490 e. The van der Waals surface area contributed by atoms with E-state index < -0.39 is 59.9 Å². The van der Waals surface area contributed by atoms with E-state index in [1.54, 1.807) is 38.4 Å². The lowest BCUT2D eigenvalue weighted by Gasteiger charge is -2.23. The lowest BCUT2D eigenvalue weighted by molar-refractivity contribution is -0.0449. The summed E-state index contributed by atoms with van der Waals surface area (Å²) in [6, 6.07) is 5.29. The molecule has 0 spiro atoms. The van der Waals surface area contributed by atoms with Gasteiger partial charge in [0.25, 0.3) is 0 Å². The molecule has 7 N–H and O–H groups in total. The molecule has 0 saturated carbocycles. The van der Waals surface area contributed by atoms with Crippen LogP contribution in [0.4, 0.5) is 17.3 Å². The molecule has 0 radical (unpaired) electrons. The second-order valence-corrected chi connectivity index (χ2v) is 15.4. The van der Waals surface area contributed by atoms with Crippen LogP contribution in [-0.4, -0.2) is 75.7 Å². The number of aryl methyl sites for hydroxylation is 2. The molecule has 5 rings (SSSR count). The third kappa shape index (κ3) is 9.64. The number of nitrogens with zero attached hydrogens (tertiary/aromatic N) is 4. The first-order valence-electron chi connectivity index (χ1n) is 14.6. The summed E-state index contributed by atoms with van der Waals surface area (Å²) in [5, 5.41) is 16.5. The number of nitrogens with one attached hydrogen (secondary N) is 2. The Labute approximate surface area is 282 Å². The largest absolute Gasteiger partial charge is 0.491 e. The van der Waals surface area contributed by atoms with Crippen LogP contribution in [0.2, 0.25) is 0 Å². The van der Waals surface area contributed by atoms with Crippen LogP contribution in [0.25, 0.3) is 0 Å². The van der Waals surface area contributed by atoms with E-state index in [0.29, 0.717) is 60.3 Å². The van der Waals surface area contributed by atoms with Gasteiger partial charge in [0.2, 0.25) is 0 Å². The molecule has 22 nitrogen and oxygen atoms in total. The molecule has 2 aliphatic rings. The summed E-state index contributed by atoms with van der Waals surface area (Å²) in [7, 11) is -15.1. The molecule has 274 valence electrons. The Hall–Kier alpha value is -3.49. The predicted octanol–water partition coefficient (Wildman–Crippen LogP) is 1.76. The molecule has 1 aromatic carbocycles. The summed E-state index contributed by atoms with van der Waals surface area (Å²) >= 11 is 0. The minimum Gasteiger partial charge on any atom is -0.491 e. The minimum absolute atomic E-state index is 0.161. The molecule has 2 unspecified atom stereocenters. The Morgan fingerprint density at radius 3 is 2.52 bits per heavy atom. The Morgan fingerprint density at radius 1 is 1.02 bits per heavy atom. The van der Waals surface area contributed by atoms with Crippen molar-refractivity contribution in [3.63, 3.8) is 0 Å². The summed E-state index contributed by atoms with van der Waals surface area (Å²) < 4.78 is 65.9. The normalized spacial score (nSPS) is 20.8. The third-order valence-corrected chi connectivity index (χ3v) is 10.9. The Balaban J connectivity index is 1.08. The zero-order valence-corrected chi connectivity index (χ0v) is 28.9. The Morgan fingerprint density at radius 2 is 1.78 bits per heavy atom. The van der Waals surface area contributed by atoms with Crippen molar-refractivity contribution in [3.8, 4) is 17.2 Å². The molecule has 0 amide bonds. The van der Waals surface area contributed by atoms with Crippen molar-refractivity contribution >= 4 is 40.8 Å². The predicted molar refractivity (Wildman–Crippen MR) is 170 cm³/mol. The van der Waals surface area contributed by atoms with Gasteiger partial charge in [-0.15, -0.1) is 0 Å². The highest BCUT2D eigenvalue weighted by atomic mass is 31.3. The number of para-hydroxylation sites is 1. The van der Waals surface area contributed by atoms with E-state index in [4.69, 9.17) is 24.0 Å². The van der Waals surface area contributed by atoms with Crippen molar-refractivity contribution in [3.05, 3.63) is 57.1 Å². The van der Waals surface area contributed by atoms with Crippen molar-refractivity contribution in [1.82, 2.24) is 19.1 Å². The van der Waals surface area contributed by atoms with Crippen LogP contribution in [0, 0.1) is 6.92 Å². The molecular formula is C25H33N6O16P3. The van der Waals surface area contributed by atoms with Crippen LogP contribution in [-0.2, 0) is 38.6 Å². The number of fused-ring (bicyclic) bond motifs is 2. The van der Waals surface area contributed by atoms with Crippen molar-refractivity contribution in [2.75, 3.05) is 30.4 Å². The van der Waals surface area contributed by atoms with E-state index in [2.05, 4.69) is 33.7 Å². The Bertz CT molecular complexity index is 2000. The van der Waals surface area contributed by atoms with Gasteiger partial charge in [-0.2, -0.15) is 18.6 Å². The van der Waals surface area contributed by atoms with Crippen molar-refractivity contribution < 1.29 is 65.7 Å². The van der Waals surface area contributed by atoms with Gasteiger partial charge in [0.15, 0.2) is 17.3 Å². The first kappa shape index (κ1) is 37.8. The summed E-state index contributed by atoms with van der Waals surface area (Å²) in [6.07, 6.45) is 0.373. The van der Waals surface area contributed by atoms with Gasteiger partial charge in [0, 0.05) is 31.8 Å². The number of aliphatic hydroxyl groups is 1. The molecule has 2 aromatic heterocycles. The monoisotopic (exact) mass is 766 g/mol. The molecule has 3 aromatic rings. The summed E-state index contributed by atoms with van der Waals surface area (Å²) in [5.74, 6) is 2.03. The molecule has 25 heteroatoms. The minimum atomic E-state index is -5.72. The molecule has 2 aliphatic heterocycles. The van der Waals surface area contributed by atoms with Gasteiger partial charge in [-0.3, -0.25) is 13.7 Å². The lowest BCUT2D eigenvalue weighted by Crippen LogP contribution is -2.29. The molecule has 5 atom stereocenters. The van der Waals surface area contributed by atoms with Gasteiger partial charge < -0.3 is 49.5 Å². The van der Waals surface area contributed by atoms with Gasteiger partial charge in [-0.25, -0.2) is 23.3 Å². The second kappa shape index (κ2) is 15.0. The summed E-state index contributed by atoms with van der Waals surface area (Å²) in [4.78, 5) is 68.9. The van der Waals surface area contributed by atoms with Gasteiger partial charge in [0.05, 0.1) is 25.5 Å². The Kier molecular flexibility index (Phi) is 11.3. The molecule has 0 aliphatic carbocycles. The average molecular weight is 766 g/mol. The number of aliphatic hydroxyl groups excluding tert-OH is 1. The van der Waals surface area contributed by atoms with E-state index in [-0.39, 0.29) is 12.2 Å². The quantitative estimate of drug-likeness (QED) is 0.0669. The summed E-state index contributed by atoms with van der Waals surface area (Å²) in [6.45, 7) is 1.59. The molecule has 0 bridgehead atoms. The third-order valence-electron chi connectivity index (χ3n) is 7.09. The van der Waals surface area contributed by atoms with Crippen LogP contribution in [0.3, 0.4) is 0 Å². The van der Waals surface area contributed by atoms with Crippen molar-refractivity contribution in [2.24, 2.45) is 7.05 Å². The highest BCUT2D eigenvalue weighted by Gasteiger charge is 2.43. The maximum atomic E-state index is 12.8. The molecule has 1 saturated heterocycles. The van der Waals surface area contributed by atoms with Crippen LogP contribution < -0.4 is 31.5 Å². The fourth-order valence-electron chi connectivity index (χ4n) is 4.84. The molecule has 4 heterocycles. The lowest BCUT2D eigenvalue weighted by atomic mass is 10.2. The SMILES string of the molecule is Cc1cn([C@H]2C[C@H](O)[C@@H](COP(=O)(O)OP(=O)(O)OP(=O)(O)O)O2)c(=O)nc1NCCCCOc1cccc2c1Nc1nc(=O)n(C)cc1O2. The number of ether oxygens (including phenoxy) is 3. The highest BCUT2D eigenvalue weighted by molar-refractivity contribution is 7.66. The van der Waals surface area contributed by atoms with Gasteiger partial charge in [-0.05, 0) is 31.9 Å². The number of rotatable bonds is 15. The first-order valence-corrected chi connectivity index (χ1v) is 19.2. The van der Waals surface area contributed by atoms with Crippen LogP contribution in [0.1, 0.15) is 31.1 Å². The first-order chi connectivity index (χ1) is 23.4. The number of phosphoric acid groups is 3. The fourth-order valence-corrected chi connectivity index (χ4v) is 7.87. The maximum absolute atomic E-state index is 12.8. The number of hydrogen-bond acceptors (Lipinski definition) is 16. The summed E-state index contributed by atoms with van der Waals surface area (Å²) in [5.41, 5.74) is -0.0705. The standard InChI is InChI=1S/C25H33N6O16P3/c1-14-11-31(20-10-15(32)19(45-20)13-43-49(38,39)47-50(40,41)46-48(35,36)37)25(34)28-22(14)26-8-3-4-9-42-16-6-5-7-17-21(16)27-23-18(44-17)12-30(2)24(33)29-23/h5-7,11-12,15,19-20,32H,3-4,8-10,13H2,1-2H3,(H,38,39)(H,40,41)(H,26,28,34)(H,27,29,33)(H2,35,36,37)/t15-,19+,20+/m0/s1. The van der Waals surface area contributed by atoms with E-state index in [9.17, 15) is 38.2 Å². The van der Waals surface area contributed by atoms with E-state index in [0.717, 1.165) is 4.57 Å². The van der Waals surface area contributed by atoms with Crippen LogP contribution in [0.15, 0.2) is 40.2 Å². The number of unbranched alkanes of at least 4 members (excludes halogenated alkanes) is 1. The fraction of sp³-hybridized carbons (Fsp3) is 0.440. The number of hydrogen-bond donors (Lipinski definition) is 7. The van der Waals surface area contributed by atoms with E-state index in [1.165, 1.54) is 10.8 Å². The van der Waals surface area contributed by atoms with Crippen molar-refractivity contribution in [1.29, 1.82) is 0 Å². The topological polar surface area (TPSA) is 302 Å². The van der Waals surface area contributed by atoms with Crippen LogP contribution in [0.5, 0.6) is 17.2 Å². The zero-order chi connectivity index (χ0) is 36.4. The van der Waals surface area contributed by atoms with Crippen molar-refractivity contribution in [2.45, 2.75) is 44.6 Å². The molecule has 1 fully saturated rings. The molecule has 50 heavy (non-hydrogen) atoms. The zero-order valence-electron chi connectivity index (χ0n) is 26.2. The van der Waals surface area contributed by atoms with Crippen LogP contribution >= 0.6 is 23.5 Å². The van der Waals surface area contributed by atoms with E-state index in [1.807, 2.05) is 0 Å². The number of benzene rings is 1. The molecular weight excluding hydrogens is 733 g/mol. The number of phosphoric ester groups is 1. The number of anilines is 3. The van der Waals surface area contributed by atoms with Gasteiger partial charge in [0.1, 0.15) is 29.6 Å². The average Bonchev–Trinajstić information content (AvgIpc) is 3.37.